The standard InChI is InChI=1S/C10H16N2O4/c1-10(2)15-8(13)7(9(14)16-10)6-12-5-4-11-3/h6,11-12H,4-5H2,1-3H3. The largest absolute Gasteiger partial charge is 0.419 e. The molecule has 0 amide bonds. The first-order valence-corrected chi connectivity index (χ1v) is 5.01. The minimum atomic E-state index is -1.18. The van der Waals surface area contributed by atoms with Crippen molar-refractivity contribution in [3.8, 4) is 0 Å². The zero-order chi connectivity index (χ0) is 12.2. The van der Waals surface area contributed by atoms with Crippen molar-refractivity contribution in [2.24, 2.45) is 0 Å². The summed E-state index contributed by atoms with van der Waals surface area (Å²) in [5.41, 5.74) is -0.115. The molecule has 6 heteroatoms. The summed E-state index contributed by atoms with van der Waals surface area (Å²) in [6, 6.07) is 0. The molecule has 1 fully saturated rings. The van der Waals surface area contributed by atoms with Gasteiger partial charge >= 0.3 is 11.9 Å². The molecule has 6 nitrogen and oxygen atoms in total. The number of hydrogen-bond donors (Lipinski definition) is 2. The van der Waals surface area contributed by atoms with Gasteiger partial charge in [-0.1, -0.05) is 0 Å². The Balaban J connectivity index is 2.60. The van der Waals surface area contributed by atoms with E-state index in [0.29, 0.717) is 6.54 Å². The van der Waals surface area contributed by atoms with Crippen LogP contribution in [-0.2, 0) is 19.1 Å². The van der Waals surface area contributed by atoms with Gasteiger partial charge in [0.1, 0.15) is 0 Å². The number of rotatable bonds is 4. The van der Waals surface area contributed by atoms with Gasteiger partial charge in [-0.3, -0.25) is 0 Å². The summed E-state index contributed by atoms with van der Waals surface area (Å²) >= 11 is 0. The Kier molecular flexibility index (Phi) is 3.89. The molecule has 1 saturated heterocycles. The van der Waals surface area contributed by atoms with Crippen LogP contribution in [0.3, 0.4) is 0 Å². The fraction of sp³-hybridized carbons (Fsp3) is 0.600. The molecule has 0 aliphatic carbocycles. The normalized spacial score (nSPS) is 18.8. The average molecular weight is 228 g/mol. The molecule has 1 aliphatic rings. The van der Waals surface area contributed by atoms with Gasteiger partial charge in [0.15, 0.2) is 5.57 Å². The Labute approximate surface area is 94.0 Å². The van der Waals surface area contributed by atoms with Crippen LogP contribution in [0.1, 0.15) is 13.8 Å². The van der Waals surface area contributed by atoms with E-state index < -0.39 is 17.7 Å². The van der Waals surface area contributed by atoms with Crippen molar-refractivity contribution >= 4 is 11.9 Å². The lowest BCUT2D eigenvalue weighted by atomic mass is 10.2. The van der Waals surface area contributed by atoms with E-state index in [-0.39, 0.29) is 5.57 Å². The maximum Gasteiger partial charge on any atom is 0.350 e. The quantitative estimate of drug-likeness (QED) is 0.293. The SMILES string of the molecule is CNCCNC=C1C(=O)OC(C)(C)OC1=O. The summed E-state index contributed by atoms with van der Waals surface area (Å²) in [6.45, 7) is 4.34. The van der Waals surface area contributed by atoms with Crippen molar-refractivity contribution in [2.45, 2.75) is 19.6 Å². The molecule has 0 aromatic rings. The van der Waals surface area contributed by atoms with Crippen LogP contribution < -0.4 is 10.6 Å². The van der Waals surface area contributed by atoms with E-state index in [4.69, 9.17) is 9.47 Å². The Bertz CT molecular complexity index is 301. The summed E-state index contributed by atoms with van der Waals surface area (Å²) in [7, 11) is 1.81. The molecular weight excluding hydrogens is 212 g/mol. The third-order valence-corrected chi connectivity index (χ3v) is 1.88. The van der Waals surface area contributed by atoms with Gasteiger partial charge < -0.3 is 20.1 Å². The second-order valence-electron chi connectivity index (χ2n) is 3.79. The van der Waals surface area contributed by atoms with Crippen LogP contribution in [0.5, 0.6) is 0 Å². The predicted molar refractivity (Wildman–Crippen MR) is 56.3 cm³/mol. The number of esters is 2. The first-order chi connectivity index (χ1) is 7.46. The minimum Gasteiger partial charge on any atom is -0.419 e. The van der Waals surface area contributed by atoms with Crippen LogP contribution in [-0.4, -0.2) is 37.9 Å². The third-order valence-electron chi connectivity index (χ3n) is 1.88. The molecule has 0 atom stereocenters. The molecule has 0 spiro atoms. The van der Waals surface area contributed by atoms with Crippen molar-refractivity contribution in [2.75, 3.05) is 20.1 Å². The monoisotopic (exact) mass is 228 g/mol. The number of ether oxygens (including phenoxy) is 2. The molecule has 0 aromatic heterocycles. The molecule has 0 bridgehead atoms. The van der Waals surface area contributed by atoms with E-state index in [1.54, 1.807) is 7.05 Å². The second kappa shape index (κ2) is 4.98. The summed E-state index contributed by atoms with van der Waals surface area (Å²) in [6.07, 6.45) is 1.32. The second-order valence-corrected chi connectivity index (χ2v) is 3.79. The highest BCUT2D eigenvalue weighted by atomic mass is 16.7. The van der Waals surface area contributed by atoms with E-state index in [2.05, 4.69) is 10.6 Å². The van der Waals surface area contributed by atoms with Gasteiger partial charge in [0.2, 0.25) is 0 Å². The van der Waals surface area contributed by atoms with Gasteiger partial charge in [0.25, 0.3) is 5.79 Å². The fourth-order valence-corrected chi connectivity index (χ4v) is 1.15. The van der Waals surface area contributed by atoms with Crippen molar-refractivity contribution in [3.63, 3.8) is 0 Å². The zero-order valence-electron chi connectivity index (χ0n) is 9.62. The highest BCUT2D eigenvalue weighted by molar-refractivity contribution is 6.15. The molecule has 0 aromatic carbocycles. The van der Waals surface area contributed by atoms with Crippen LogP contribution in [0.4, 0.5) is 0 Å². The summed E-state index contributed by atoms with van der Waals surface area (Å²) in [4.78, 5) is 22.9. The van der Waals surface area contributed by atoms with E-state index in [1.807, 2.05) is 0 Å². The topological polar surface area (TPSA) is 76.7 Å². The van der Waals surface area contributed by atoms with E-state index in [9.17, 15) is 9.59 Å². The molecule has 0 radical (unpaired) electrons. The van der Waals surface area contributed by atoms with Crippen LogP contribution in [0.15, 0.2) is 11.8 Å². The zero-order valence-corrected chi connectivity index (χ0v) is 9.62. The van der Waals surface area contributed by atoms with Crippen LogP contribution in [0.25, 0.3) is 0 Å². The van der Waals surface area contributed by atoms with Gasteiger partial charge in [0, 0.05) is 33.1 Å². The number of hydrogen-bond acceptors (Lipinski definition) is 6. The van der Waals surface area contributed by atoms with Gasteiger partial charge in [-0.05, 0) is 7.05 Å². The molecule has 90 valence electrons. The molecule has 0 unspecified atom stereocenters. The molecule has 0 saturated carbocycles. The van der Waals surface area contributed by atoms with Gasteiger partial charge in [-0.2, -0.15) is 0 Å². The van der Waals surface area contributed by atoms with Crippen molar-refractivity contribution < 1.29 is 19.1 Å². The number of likely N-dealkylation sites (N-methyl/N-ethyl adjacent to an activating group) is 1. The first kappa shape index (κ1) is 12.5. The summed E-state index contributed by atoms with van der Waals surface area (Å²) < 4.78 is 9.82. The lowest BCUT2D eigenvalue weighted by molar-refractivity contribution is -0.222. The highest BCUT2D eigenvalue weighted by Gasteiger charge is 2.38. The number of nitrogens with one attached hydrogen (secondary N) is 2. The van der Waals surface area contributed by atoms with E-state index >= 15 is 0 Å². The number of carbonyl (C=O) groups excluding carboxylic acids is 2. The van der Waals surface area contributed by atoms with Crippen molar-refractivity contribution in [1.82, 2.24) is 10.6 Å². The maximum absolute atomic E-state index is 11.4. The number of carbonyl (C=O) groups is 2. The maximum atomic E-state index is 11.4. The van der Waals surface area contributed by atoms with Crippen LogP contribution >= 0.6 is 0 Å². The fourth-order valence-electron chi connectivity index (χ4n) is 1.15. The number of cyclic esters (lactones) is 2. The van der Waals surface area contributed by atoms with Crippen molar-refractivity contribution in [3.05, 3.63) is 11.8 Å². The molecule has 2 N–H and O–H groups in total. The minimum absolute atomic E-state index is 0.115. The Morgan fingerprint density at radius 1 is 1.19 bits per heavy atom. The summed E-state index contributed by atoms with van der Waals surface area (Å²) in [5.74, 6) is -2.52. The lowest BCUT2D eigenvalue weighted by Gasteiger charge is -2.29. The predicted octanol–water partition coefficient (Wildman–Crippen LogP) is -0.485. The first-order valence-electron chi connectivity index (χ1n) is 5.01. The van der Waals surface area contributed by atoms with Gasteiger partial charge in [-0.25, -0.2) is 9.59 Å². The summed E-state index contributed by atoms with van der Waals surface area (Å²) in [5, 5.41) is 5.73. The molecule has 16 heavy (non-hydrogen) atoms. The Morgan fingerprint density at radius 3 is 2.25 bits per heavy atom. The molecule has 1 rings (SSSR count). The Morgan fingerprint density at radius 2 is 1.75 bits per heavy atom. The smallest absolute Gasteiger partial charge is 0.350 e. The molecule has 1 aliphatic heterocycles. The van der Waals surface area contributed by atoms with E-state index in [1.165, 1.54) is 20.0 Å². The highest BCUT2D eigenvalue weighted by Crippen LogP contribution is 2.21. The average Bonchev–Trinajstić information content (AvgIpc) is 2.13. The van der Waals surface area contributed by atoms with Crippen LogP contribution in [0.2, 0.25) is 0 Å². The van der Waals surface area contributed by atoms with Crippen LogP contribution in [0, 0.1) is 0 Å². The molecule has 1 heterocycles. The third kappa shape index (κ3) is 3.23. The van der Waals surface area contributed by atoms with E-state index in [0.717, 1.165) is 6.54 Å². The molecular formula is C10H16N2O4. The van der Waals surface area contributed by atoms with Crippen molar-refractivity contribution in [1.29, 1.82) is 0 Å². The van der Waals surface area contributed by atoms with Gasteiger partial charge in [0.05, 0.1) is 0 Å². The lowest BCUT2D eigenvalue weighted by Crippen LogP contribution is -2.42. The van der Waals surface area contributed by atoms with Gasteiger partial charge in [-0.15, -0.1) is 0 Å². The Hall–Kier alpha value is -1.56.